The number of rotatable bonds is 6. The largest absolute Gasteiger partial charge is 0.362 e. The molecule has 0 atom stereocenters. The van der Waals surface area contributed by atoms with E-state index in [1.165, 1.54) is 0 Å². The summed E-state index contributed by atoms with van der Waals surface area (Å²) in [7, 11) is 0. The highest BCUT2D eigenvalue weighted by Gasteiger charge is 2.01. The van der Waals surface area contributed by atoms with Gasteiger partial charge in [-0.05, 0) is 31.3 Å². The van der Waals surface area contributed by atoms with Gasteiger partial charge in [0.15, 0.2) is 5.11 Å². The van der Waals surface area contributed by atoms with Gasteiger partial charge in [0.2, 0.25) is 0 Å². The van der Waals surface area contributed by atoms with Gasteiger partial charge in [-0.1, -0.05) is 18.2 Å². The molecule has 2 rings (SSSR count). The van der Waals surface area contributed by atoms with Gasteiger partial charge in [-0.15, -0.1) is 0 Å². The molecule has 1 aromatic carbocycles. The number of aryl methyl sites for hydroxylation is 1. The van der Waals surface area contributed by atoms with Gasteiger partial charge in [-0.3, -0.25) is 0 Å². The van der Waals surface area contributed by atoms with Crippen molar-refractivity contribution in [3.8, 4) is 0 Å². The number of thioether (sulfide) groups is 1. The van der Waals surface area contributed by atoms with E-state index in [-0.39, 0.29) is 0 Å². The van der Waals surface area contributed by atoms with Gasteiger partial charge in [0.1, 0.15) is 0 Å². The zero-order chi connectivity index (χ0) is 14.2. The second kappa shape index (κ2) is 7.91. The molecule has 0 saturated heterocycles. The number of benzene rings is 1. The SMILES string of the molecule is Cc1[nH]cnc1CSCCNC(=S)Nc1ccccc1. The van der Waals surface area contributed by atoms with Crippen LogP contribution in [-0.2, 0) is 5.75 Å². The number of anilines is 1. The first-order valence-electron chi connectivity index (χ1n) is 6.42. The van der Waals surface area contributed by atoms with Crippen molar-refractivity contribution < 1.29 is 0 Å². The normalized spacial score (nSPS) is 10.2. The number of para-hydroxylation sites is 1. The van der Waals surface area contributed by atoms with Crippen LogP contribution in [0.4, 0.5) is 5.69 Å². The summed E-state index contributed by atoms with van der Waals surface area (Å²) in [6.45, 7) is 2.88. The number of aromatic amines is 1. The van der Waals surface area contributed by atoms with Crippen LogP contribution in [0.2, 0.25) is 0 Å². The molecular formula is C14H18N4S2. The molecule has 0 fully saturated rings. The minimum atomic E-state index is 0.660. The Kier molecular flexibility index (Phi) is 5.88. The maximum atomic E-state index is 5.24. The summed E-state index contributed by atoms with van der Waals surface area (Å²) in [4.78, 5) is 7.35. The van der Waals surface area contributed by atoms with Crippen LogP contribution in [0.1, 0.15) is 11.4 Å². The van der Waals surface area contributed by atoms with Crippen LogP contribution in [0.25, 0.3) is 0 Å². The molecule has 0 aliphatic carbocycles. The van der Waals surface area contributed by atoms with Gasteiger partial charge >= 0.3 is 0 Å². The molecular weight excluding hydrogens is 288 g/mol. The molecule has 0 amide bonds. The fourth-order valence-electron chi connectivity index (χ4n) is 1.64. The van der Waals surface area contributed by atoms with E-state index in [4.69, 9.17) is 12.2 Å². The lowest BCUT2D eigenvalue weighted by molar-refractivity contribution is 0.989. The number of aromatic nitrogens is 2. The Balaban J connectivity index is 1.59. The molecule has 0 radical (unpaired) electrons. The number of nitrogens with one attached hydrogen (secondary N) is 3. The van der Waals surface area contributed by atoms with Gasteiger partial charge in [-0.25, -0.2) is 4.98 Å². The van der Waals surface area contributed by atoms with Crippen molar-refractivity contribution in [3.05, 3.63) is 48.0 Å². The summed E-state index contributed by atoms with van der Waals surface area (Å²) in [6.07, 6.45) is 1.74. The molecule has 0 saturated carbocycles. The van der Waals surface area contributed by atoms with Gasteiger partial charge in [0.25, 0.3) is 0 Å². The lowest BCUT2D eigenvalue weighted by atomic mass is 10.3. The quantitative estimate of drug-likeness (QED) is 0.566. The highest BCUT2D eigenvalue weighted by Crippen LogP contribution is 2.11. The van der Waals surface area contributed by atoms with Crippen LogP contribution in [0.15, 0.2) is 36.7 Å². The molecule has 2 aromatic rings. The molecule has 3 N–H and O–H groups in total. The monoisotopic (exact) mass is 306 g/mol. The molecule has 0 spiro atoms. The van der Waals surface area contributed by atoms with E-state index in [2.05, 4.69) is 20.6 Å². The van der Waals surface area contributed by atoms with Crippen LogP contribution in [0.5, 0.6) is 0 Å². The van der Waals surface area contributed by atoms with Crippen LogP contribution in [-0.4, -0.2) is 27.4 Å². The number of thiocarbonyl (C=S) groups is 1. The van der Waals surface area contributed by atoms with Crippen LogP contribution < -0.4 is 10.6 Å². The van der Waals surface area contributed by atoms with E-state index in [9.17, 15) is 0 Å². The van der Waals surface area contributed by atoms with Crippen molar-refractivity contribution in [2.45, 2.75) is 12.7 Å². The van der Waals surface area contributed by atoms with E-state index < -0.39 is 0 Å². The number of imidazole rings is 1. The Labute approximate surface area is 128 Å². The first kappa shape index (κ1) is 14.9. The van der Waals surface area contributed by atoms with Crippen molar-refractivity contribution in [1.29, 1.82) is 0 Å². The number of hydrogen-bond donors (Lipinski definition) is 3. The van der Waals surface area contributed by atoms with Gasteiger partial charge in [0.05, 0.1) is 12.0 Å². The van der Waals surface area contributed by atoms with E-state index in [1.807, 2.05) is 49.0 Å². The lowest BCUT2D eigenvalue weighted by Gasteiger charge is -2.10. The molecule has 0 aliphatic heterocycles. The van der Waals surface area contributed by atoms with Crippen LogP contribution in [0.3, 0.4) is 0 Å². The van der Waals surface area contributed by atoms with Gasteiger partial charge in [-0.2, -0.15) is 11.8 Å². The van der Waals surface area contributed by atoms with Crippen LogP contribution >= 0.6 is 24.0 Å². The van der Waals surface area contributed by atoms with Crippen molar-refractivity contribution >= 4 is 34.8 Å². The van der Waals surface area contributed by atoms with E-state index in [0.29, 0.717) is 5.11 Å². The third-order valence-corrected chi connectivity index (χ3v) is 3.95. The van der Waals surface area contributed by atoms with E-state index >= 15 is 0 Å². The number of nitrogens with zero attached hydrogens (tertiary/aromatic N) is 1. The molecule has 1 heterocycles. The van der Waals surface area contributed by atoms with Crippen molar-refractivity contribution in [1.82, 2.24) is 15.3 Å². The Morgan fingerprint density at radius 3 is 2.85 bits per heavy atom. The molecule has 4 nitrogen and oxygen atoms in total. The first-order valence-corrected chi connectivity index (χ1v) is 7.98. The summed E-state index contributed by atoms with van der Waals surface area (Å²) in [5, 5.41) is 7.01. The Morgan fingerprint density at radius 1 is 1.35 bits per heavy atom. The minimum Gasteiger partial charge on any atom is -0.362 e. The van der Waals surface area contributed by atoms with Gasteiger partial charge in [0, 0.05) is 29.4 Å². The summed E-state index contributed by atoms with van der Waals surface area (Å²) in [5.41, 5.74) is 3.27. The van der Waals surface area contributed by atoms with E-state index in [0.717, 1.165) is 35.1 Å². The van der Waals surface area contributed by atoms with E-state index in [1.54, 1.807) is 6.33 Å². The van der Waals surface area contributed by atoms with Crippen molar-refractivity contribution in [3.63, 3.8) is 0 Å². The summed E-state index contributed by atoms with van der Waals surface area (Å²) in [6, 6.07) is 9.92. The Morgan fingerprint density at radius 2 is 2.15 bits per heavy atom. The van der Waals surface area contributed by atoms with Crippen molar-refractivity contribution in [2.24, 2.45) is 0 Å². The predicted molar refractivity (Wildman–Crippen MR) is 90.2 cm³/mol. The molecule has 106 valence electrons. The molecule has 20 heavy (non-hydrogen) atoms. The summed E-state index contributed by atoms with van der Waals surface area (Å²) < 4.78 is 0. The van der Waals surface area contributed by atoms with Crippen LogP contribution in [0, 0.1) is 6.92 Å². The predicted octanol–water partition coefficient (Wildman–Crippen LogP) is 2.94. The standard InChI is InChI=1S/C14H18N4S2/c1-11-13(17-10-16-11)9-20-8-7-15-14(19)18-12-5-3-2-4-6-12/h2-6,10H,7-9H2,1H3,(H,16,17)(H2,15,18,19). The zero-order valence-corrected chi connectivity index (χ0v) is 13.0. The average Bonchev–Trinajstić information content (AvgIpc) is 2.85. The molecule has 0 aliphatic rings. The highest BCUT2D eigenvalue weighted by molar-refractivity contribution is 7.98. The topological polar surface area (TPSA) is 52.7 Å². The molecule has 1 aromatic heterocycles. The fourth-order valence-corrected chi connectivity index (χ4v) is 2.73. The highest BCUT2D eigenvalue weighted by atomic mass is 32.2. The fraction of sp³-hybridized carbons (Fsp3) is 0.286. The van der Waals surface area contributed by atoms with Gasteiger partial charge < -0.3 is 15.6 Å². The Bertz CT molecular complexity index is 539. The minimum absolute atomic E-state index is 0.660. The average molecular weight is 306 g/mol. The third-order valence-electron chi connectivity index (χ3n) is 2.74. The Hall–Kier alpha value is -1.53. The first-order chi connectivity index (χ1) is 9.75. The molecule has 0 unspecified atom stereocenters. The van der Waals surface area contributed by atoms with Crippen molar-refractivity contribution in [2.75, 3.05) is 17.6 Å². The summed E-state index contributed by atoms with van der Waals surface area (Å²) in [5.74, 6) is 1.92. The molecule has 6 heteroatoms. The number of hydrogen-bond acceptors (Lipinski definition) is 3. The molecule has 0 bridgehead atoms. The lowest BCUT2D eigenvalue weighted by Crippen LogP contribution is -2.30. The zero-order valence-electron chi connectivity index (χ0n) is 11.3. The second-order valence-corrected chi connectivity index (χ2v) is 5.79. The second-order valence-electron chi connectivity index (χ2n) is 4.27. The maximum absolute atomic E-state index is 5.24. The smallest absolute Gasteiger partial charge is 0.170 e. The third kappa shape index (κ3) is 4.86. The number of H-pyrrole nitrogens is 1. The summed E-state index contributed by atoms with van der Waals surface area (Å²) >= 11 is 7.08. The maximum Gasteiger partial charge on any atom is 0.170 e.